The zero-order valence-electron chi connectivity index (χ0n) is 14.2. The Morgan fingerprint density at radius 1 is 1.46 bits per heavy atom. The van der Waals surface area contributed by atoms with Crippen LogP contribution in [0.2, 0.25) is 0 Å². The van der Waals surface area contributed by atoms with E-state index in [1.54, 1.807) is 10.9 Å². The van der Waals surface area contributed by atoms with E-state index in [-0.39, 0.29) is 18.4 Å². The Balaban J connectivity index is 1.56. The smallest absolute Gasteiger partial charge is 0.242 e. The summed E-state index contributed by atoms with van der Waals surface area (Å²) in [6.07, 6.45) is 3.84. The van der Waals surface area contributed by atoms with Gasteiger partial charge in [0.1, 0.15) is 12.4 Å². The average Bonchev–Trinajstić information content (AvgIpc) is 2.91. The maximum absolute atomic E-state index is 12.1. The molecule has 0 spiro atoms. The maximum Gasteiger partial charge on any atom is 0.242 e. The molecule has 7 heteroatoms. The fourth-order valence-corrected chi connectivity index (χ4v) is 2.87. The molecular weight excluding hydrogens is 306 g/mol. The van der Waals surface area contributed by atoms with E-state index in [0.29, 0.717) is 13.2 Å². The summed E-state index contributed by atoms with van der Waals surface area (Å²) in [6.45, 7) is 5.95. The van der Waals surface area contributed by atoms with Gasteiger partial charge in [0.25, 0.3) is 0 Å². The lowest BCUT2D eigenvalue weighted by Gasteiger charge is -2.20. The molecular formula is C17H23N5O2. The van der Waals surface area contributed by atoms with Gasteiger partial charge in [-0.2, -0.15) is 5.10 Å². The summed E-state index contributed by atoms with van der Waals surface area (Å²) in [5.74, 6) is 0.978. The van der Waals surface area contributed by atoms with Gasteiger partial charge in [-0.3, -0.25) is 9.48 Å². The fourth-order valence-electron chi connectivity index (χ4n) is 2.87. The topological polar surface area (TPSA) is 81.9 Å². The molecule has 2 aromatic rings. The van der Waals surface area contributed by atoms with Crippen LogP contribution < -0.4 is 5.32 Å². The fraction of sp³-hybridized carbons (Fsp3) is 0.529. The predicted molar refractivity (Wildman–Crippen MR) is 88.4 cm³/mol. The van der Waals surface area contributed by atoms with Crippen LogP contribution in [0.5, 0.6) is 0 Å². The van der Waals surface area contributed by atoms with Crippen LogP contribution in [0.15, 0.2) is 18.3 Å². The van der Waals surface area contributed by atoms with Crippen LogP contribution in [0.3, 0.4) is 0 Å². The van der Waals surface area contributed by atoms with Gasteiger partial charge in [-0.25, -0.2) is 9.97 Å². The molecule has 3 heterocycles. The van der Waals surface area contributed by atoms with Crippen molar-refractivity contribution in [3.63, 3.8) is 0 Å². The Labute approximate surface area is 141 Å². The molecule has 24 heavy (non-hydrogen) atoms. The highest BCUT2D eigenvalue weighted by molar-refractivity contribution is 5.75. The van der Waals surface area contributed by atoms with Crippen LogP contribution in [-0.2, 0) is 22.6 Å². The molecule has 1 amide bonds. The minimum atomic E-state index is -0.0811. The third-order valence-electron chi connectivity index (χ3n) is 4.12. The molecule has 0 saturated carbocycles. The van der Waals surface area contributed by atoms with E-state index in [0.717, 1.165) is 42.4 Å². The Morgan fingerprint density at radius 3 is 3.04 bits per heavy atom. The van der Waals surface area contributed by atoms with Crippen LogP contribution in [0.1, 0.15) is 41.7 Å². The second-order valence-corrected chi connectivity index (χ2v) is 6.18. The summed E-state index contributed by atoms with van der Waals surface area (Å²) in [6, 6.07) is 3.78. The molecule has 0 bridgehead atoms. The van der Waals surface area contributed by atoms with Crippen LogP contribution in [0.25, 0.3) is 0 Å². The first-order valence-electron chi connectivity index (χ1n) is 8.29. The molecule has 2 aromatic heterocycles. The first-order valence-corrected chi connectivity index (χ1v) is 8.29. The summed E-state index contributed by atoms with van der Waals surface area (Å²) in [5, 5.41) is 7.19. The van der Waals surface area contributed by atoms with E-state index < -0.39 is 0 Å². The van der Waals surface area contributed by atoms with Crippen LogP contribution in [0, 0.1) is 13.8 Å². The quantitative estimate of drug-likeness (QED) is 0.899. The number of carbonyl (C=O) groups is 1. The Kier molecular flexibility index (Phi) is 5.20. The van der Waals surface area contributed by atoms with Crippen molar-refractivity contribution < 1.29 is 9.53 Å². The van der Waals surface area contributed by atoms with Crippen molar-refractivity contribution in [1.82, 2.24) is 25.1 Å². The molecule has 1 aliphatic heterocycles. The van der Waals surface area contributed by atoms with E-state index in [4.69, 9.17) is 4.74 Å². The van der Waals surface area contributed by atoms with Gasteiger partial charge in [0, 0.05) is 24.4 Å². The van der Waals surface area contributed by atoms with E-state index in [1.807, 2.05) is 26.0 Å². The monoisotopic (exact) mass is 329 g/mol. The normalized spacial score (nSPS) is 17.7. The van der Waals surface area contributed by atoms with Crippen LogP contribution >= 0.6 is 0 Å². The van der Waals surface area contributed by atoms with Crippen molar-refractivity contribution >= 4 is 5.91 Å². The molecule has 0 aromatic carbocycles. The number of nitrogens with one attached hydrogen (secondary N) is 1. The largest absolute Gasteiger partial charge is 0.381 e. The van der Waals surface area contributed by atoms with Gasteiger partial charge in [0.15, 0.2) is 0 Å². The number of rotatable bonds is 5. The third-order valence-corrected chi connectivity index (χ3v) is 4.12. The Hall–Kier alpha value is -2.28. The van der Waals surface area contributed by atoms with Crippen molar-refractivity contribution in [3.05, 3.63) is 41.2 Å². The predicted octanol–water partition coefficient (Wildman–Crippen LogP) is 1.50. The molecule has 1 fully saturated rings. The lowest BCUT2D eigenvalue weighted by molar-refractivity contribution is -0.122. The molecule has 128 valence electrons. The van der Waals surface area contributed by atoms with Crippen LogP contribution in [0.4, 0.5) is 0 Å². The number of carbonyl (C=O) groups excluding carboxylic acids is 1. The Bertz CT molecular complexity index is 707. The van der Waals surface area contributed by atoms with Crippen molar-refractivity contribution in [3.8, 4) is 0 Å². The van der Waals surface area contributed by atoms with E-state index in [2.05, 4.69) is 20.4 Å². The molecule has 7 nitrogen and oxygen atoms in total. The number of aryl methyl sites for hydroxylation is 2. The minimum absolute atomic E-state index is 0.0811. The highest BCUT2D eigenvalue weighted by atomic mass is 16.5. The number of nitrogens with zero attached hydrogens (tertiary/aromatic N) is 4. The van der Waals surface area contributed by atoms with Crippen molar-refractivity contribution in [2.75, 3.05) is 13.2 Å². The van der Waals surface area contributed by atoms with Gasteiger partial charge in [-0.05, 0) is 38.8 Å². The first-order chi connectivity index (χ1) is 11.6. The number of aromatic nitrogens is 4. The summed E-state index contributed by atoms with van der Waals surface area (Å²) in [7, 11) is 0. The van der Waals surface area contributed by atoms with Gasteiger partial charge in [0.05, 0.1) is 24.5 Å². The second-order valence-electron chi connectivity index (χ2n) is 6.18. The molecule has 3 rings (SSSR count). The Morgan fingerprint density at radius 2 is 2.33 bits per heavy atom. The van der Waals surface area contributed by atoms with E-state index in [1.165, 1.54) is 0 Å². The highest BCUT2D eigenvalue weighted by Gasteiger charge is 2.19. The molecule has 0 aliphatic carbocycles. The number of ether oxygens (including phenoxy) is 1. The van der Waals surface area contributed by atoms with Crippen molar-refractivity contribution in [2.45, 2.75) is 45.7 Å². The van der Waals surface area contributed by atoms with Gasteiger partial charge in [-0.15, -0.1) is 0 Å². The summed E-state index contributed by atoms with van der Waals surface area (Å²) >= 11 is 0. The first kappa shape index (κ1) is 16.6. The number of amides is 1. The highest BCUT2D eigenvalue weighted by Crippen LogP contribution is 2.22. The van der Waals surface area contributed by atoms with Gasteiger partial charge < -0.3 is 10.1 Å². The lowest BCUT2D eigenvalue weighted by Crippen LogP contribution is -2.28. The SMILES string of the molecule is Cc1cc(C)n(CC(=O)NCc2ccnc([C@H]3CCCOC3)n2)n1. The zero-order chi connectivity index (χ0) is 16.9. The zero-order valence-corrected chi connectivity index (χ0v) is 14.2. The maximum atomic E-state index is 12.1. The van der Waals surface area contributed by atoms with E-state index in [9.17, 15) is 4.79 Å². The molecule has 0 unspecified atom stereocenters. The summed E-state index contributed by atoms with van der Waals surface area (Å²) < 4.78 is 7.20. The number of hydrogen-bond donors (Lipinski definition) is 1. The van der Waals surface area contributed by atoms with Crippen molar-refractivity contribution in [2.24, 2.45) is 0 Å². The van der Waals surface area contributed by atoms with Gasteiger partial charge in [-0.1, -0.05) is 0 Å². The molecule has 1 atom stereocenters. The molecule has 1 saturated heterocycles. The molecule has 0 radical (unpaired) electrons. The van der Waals surface area contributed by atoms with Crippen molar-refractivity contribution in [1.29, 1.82) is 0 Å². The number of hydrogen-bond acceptors (Lipinski definition) is 5. The van der Waals surface area contributed by atoms with Gasteiger partial charge >= 0.3 is 0 Å². The summed E-state index contributed by atoms with van der Waals surface area (Å²) in [5.41, 5.74) is 2.70. The van der Waals surface area contributed by atoms with Crippen LogP contribution in [-0.4, -0.2) is 38.9 Å². The standard InChI is InChI=1S/C17H23N5O2/c1-12-8-13(2)22(21-12)10-16(23)19-9-15-5-6-18-17(20-15)14-4-3-7-24-11-14/h5-6,8,14H,3-4,7,9-11H2,1-2H3,(H,19,23)/t14-/m0/s1. The lowest BCUT2D eigenvalue weighted by atomic mass is 10.0. The average molecular weight is 329 g/mol. The second kappa shape index (κ2) is 7.53. The van der Waals surface area contributed by atoms with E-state index >= 15 is 0 Å². The summed E-state index contributed by atoms with van der Waals surface area (Å²) in [4.78, 5) is 21.0. The molecule has 1 aliphatic rings. The van der Waals surface area contributed by atoms with Gasteiger partial charge in [0.2, 0.25) is 5.91 Å². The minimum Gasteiger partial charge on any atom is -0.381 e. The third kappa shape index (κ3) is 4.17. The molecule has 1 N–H and O–H groups in total.